The van der Waals surface area contributed by atoms with Crippen molar-refractivity contribution in [2.24, 2.45) is 0 Å². The van der Waals surface area contributed by atoms with E-state index in [-0.39, 0.29) is 11.3 Å². The molecule has 0 fully saturated rings. The molecule has 2 rings (SSSR count). The predicted octanol–water partition coefficient (Wildman–Crippen LogP) is 3.02. The Hall–Kier alpha value is -2.54. The molecule has 2 aromatic rings. The van der Waals surface area contributed by atoms with Crippen molar-refractivity contribution < 1.29 is 19.4 Å². The van der Waals surface area contributed by atoms with Crippen molar-refractivity contribution in [3.63, 3.8) is 0 Å². The number of anilines is 2. The Balaban J connectivity index is 1.90. The number of nitrogens with one attached hydrogen (secondary N) is 1. The summed E-state index contributed by atoms with van der Waals surface area (Å²) in [7, 11) is 3.84. The van der Waals surface area contributed by atoms with Crippen molar-refractivity contribution in [2.75, 3.05) is 30.9 Å². The first-order chi connectivity index (χ1) is 11.4. The average Bonchev–Trinajstić information content (AvgIpc) is 2.55. The minimum atomic E-state index is -0.771. The van der Waals surface area contributed by atoms with Crippen LogP contribution in [0.1, 0.15) is 10.4 Å². The maximum Gasteiger partial charge on any atom is 0.342 e. The summed E-state index contributed by atoms with van der Waals surface area (Å²) in [5, 5.41) is 12.3. The minimum Gasteiger partial charge on any atom is -0.507 e. The van der Waals surface area contributed by atoms with Gasteiger partial charge in [0.25, 0.3) is 5.91 Å². The third-order valence-electron chi connectivity index (χ3n) is 3.18. The molecule has 0 saturated carbocycles. The van der Waals surface area contributed by atoms with Gasteiger partial charge in [0.1, 0.15) is 11.3 Å². The van der Waals surface area contributed by atoms with Crippen LogP contribution in [-0.4, -0.2) is 37.7 Å². The van der Waals surface area contributed by atoms with Crippen molar-refractivity contribution in [2.45, 2.75) is 0 Å². The van der Waals surface area contributed by atoms with E-state index in [4.69, 9.17) is 4.74 Å². The van der Waals surface area contributed by atoms with Gasteiger partial charge >= 0.3 is 5.97 Å². The second-order valence-electron chi connectivity index (χ2n) is 5.23. The quantitative estimate of drug-likeness (QED) is 0.764. The third-order valence-corrected chi connectivity index (χ3v) is 3.67. The smallest absolute Gasteiger partial charge is 0.342 e. The Labute approximate surface area is 148 Å². The monoisotopic (exact) mass is 392 g/mol. The van der Waals surface area contributed by atoms with Crippen molar-refractivity contribution in [1.82, 2.24) is 0 Å². The standard InChI is InChI=1S/C17H17BrN2O4/c1-20(2)13-6-4-12(5-7-13)19-16(22)10-24-17(23)14-9-11(18)3-8-15(14)21/h3-9,21H,10H2,1-2H3,(H,19,22). The topological polar surface area (TPSA) is 78.9 Å². The molecule has 0 radical (unpaired) electrons. The highest BCUT2D eigenvalue weighted by Crippen LogP contribution is 2.22. The predicted molar refractivity (Wildman–Crippen MR) is 95.5 cm³/mol. The summed E-state index contributed by atoms with van der Waals surface area (Å²) in [5.41, 5.74) is 1.60. The summed E-state index contributed by atoms with van der Waals surface area (Å²) in [6.45, 7) is -0.444. The molecule has 0 spiro atoms. The molecule has 6 nitrogen and oxygen atoms in total. The Bertz CT molecular complexity index is 745. The number of halogens is 1. The van der Waals surface area contributed by atoms with E-state index < -0.39 is 18.5 Å². The molecule has 2 N–H and O–H groups in total. The molecule has 0 aromatic heterocycles. The molecule has 0 aliphatic heterocycles. The molecule has 7 heteroatoms. The second-order valence-corrected chi connectivity index (χ2v) is 6.14. The molecular weight excluding hydrogens is 376 g/mol. The molecule has 1 amide bonds. The molecule has 0 saturated heterocycles. The van der Waals surface area contributed by atoms with Crippen molar-refractivity contribution in [3.8, 4) is 5.75 Å². The van der Waals surface area contributed by atoms with Crippen LogP contribution in [0.25, 0.3) is 0 Å². The van der Waals surface area contributed by atoms with Gasteiger partial charge in [-0.15, -0.1) is 0 Å². The van der Waals surface area contributed by atoms with Crippen molar-refractivity contribution in [3.05, 3.63) is 52.5 Å². The fraction of sp³-hybridized carbons (Fsp3) is 0.176. The fourth-order valence-electron chi connectivity index (χ4n) is 1.92. The van der Waals surface area contributed by atoms with Crippen LogP contribution in [0.3, 0.4) is 0 Å². The molecule has 24 heavy (non-hydrogen) atoms. The van der Waals surface area contributed by atoms with E-state index in [1.165, 1.54) is 12.1 Å². The van der Waals surface area contributed by atoms with Gasteiger partial charge < -0.3 is 20.1 Å². The van der Waals surface area contributed by atoms with Crippen LogP contribution in [0.2, 0.25) is 0 Å². The molecule has 0 unspecified atom stereocenters. The number of amides is 1. The Morgan fingerprint density at radius 1 is 1.17 bits per heavy atom. The highest BCUT2D eigenvalue weighted by molar-refractivity contribution is 9.10. The van der Waals surface area contributed by atoms with Crippen LogP contribution in [0, 0.1) is 0 Å². The lowest BCUT2D eigenvalue weighted by molar-refractivity contribution is -0.119. The number of ether oxygens (including phenoxy) is 1. The van der Waals surface area contributed by atoms with Crippen LogP contribution in [0.15, 0.2) is 46.9 Å². The molecule has 0 aliphatic rings. The first-order valence-corrected chi connectivity index (χ1v) is 7.89. The SMILES string of the molecule is CN(C)c1ccc(NC(=O)COC(=O)c2cc(Br)ccc2O)cc1. The normalized spacial score (nSPS) is 10.1. The van der Waals surface area contributed by atoms with E-state index in [0.717, 1.165) is 5.69 Å². The number of phenolic OH excluding ortho intramolecular Hbond substituents is 1. The number of hydrogen-bond donors (Lipinski definition) is 2. The van der Waals surface area contributed by atoms with E-state index in [9.17, 15) is 14.7 Å². The molecule has 2 aromatic carbocycles. The Kier molecular flexibility index (Phi) is 5.81. The number of carbonyl (C=O) groups is 2. The van der Waals surface area contributed by atoms with Crippen molar-refractivity contribution >= 4 is 39.2 Å². The lowest BCUT2D eigenvalue weighted by Gasteiger charge is -2.13. The lowest BCUT2D eigenvalue weighted by Crippen LogP contribution is -2.21. The highest BCUT2D eigenvalue weighted by Gasteiger charge is 2.15. The average molecular weight is 393 g/mol. The zero-order chi connectivity index (χ0) is 17.7. The van der Waals surface area contributed by atoms with Crippen LogP contribution < -0.4 is 10.2 Å². The number of hydrogen-bond acceptors (Lipinski definition) is 5. The number of phenols is 1. The van der Waals surface area contributed by atoms with Gasteiger partial charge in [-0.3, -0.25) is 4.79 Å². The lowest BCUT2D eigenvalue weighted by atomic mass is 10.2. The number of carbonyl (C=O) groups excluding carboxylic acids is 2. The number of aromatic hydroxyl groups is 1. The van der Waals surface area contributed by atoms with Crippen LogP contribution in [-0.2, 0) is 9.53 Å². The van der Waals surface area contributed by atoms with Crippen LogP contribution >= 0.6 is 15.9 Å². The van der Waals surface area contributed by atoms with Crippen LogP contribution in [0.5, 0.6) is 5.75 Å². The third kappa shape index (κ3) is 4.73. The molecule has 0 aliphatic carbocycles. The van der Waals surface area contributed by atoms with Crippen molar-refractivity contribution in [1.29, 1.82) is 0 Å². The first-order valence-electron chi connectivity index (χ1n) is 7.09. The highest BCUT2D eigenvalue weighted by atomic mass is 79.9. The van der Waals surface area contributed by atoms with Gasteiger partial charge in [0.05, 0.1) is 0 Å². The zero-order valence-electron chi connectivity index (χ0n) is 13.2. The van der Waals surface area contributed by atoms with Gasteiger partial charge in [0.15, 0.2) is 6.61 Å². The van der Waals surface area contributed by atoms with Gasteiger partial charge in [-0.05, 0) is 42.5 Å². The number of nitrogens with zero attached hydrogens (tertiary/aromatic N) is 1. The largest absolute Gasteiger partial charge is 0.507 e. The summed E-state index contributed by atoms with van der Waals surface area (Å²) in [6.07, 6.45) is 0. The van der Waals surface area contributed by atoms with Gasteiger partial charge in [-0.1, -0.05) is 15.9 Å². The van der Waals surface area contributed by atoms with Gasteiger partial charge in [-0.25, -0.2) is 4.79 Å². The zero-order valence-corrected chi connectivity index (χ0v) is 14.8. The Morgan fingerprint density at radius 3 is 2.46 bits per heavy atom. The molecular formula is C17H17BrN2O4. The summed E-state index contributed by atoms with van der Waals surface area (Å²) >= 11 is 3.20. The summed E-state index contributed by atoms with van der Waals surface area (Å²) in [5.74, 6) is -1.44. The molecule has 0 heterocycles. The van der Waals surface area contributed by atoms with Gasteiger partial charge in [0.2, 0.25) is 0 Å². The van der Waals surface area contributed by atoms with E-state index in [1.54, 1.807) is 18.2 Å². The maximum atomic E-state index is 11.9. The van der Waals surface area contributed by atoms with Gasteiger partial charge in [-0.2, -0.15) is 0 Å². The first kappa shape index (κ1) is 17.8. The maximum absolute atomic E-state index is 11.9. The number of rotatable bonds is 5. The summed E-state index contributed by atoms with van der Waals surface area (Å²) < 4.78 is 5.54. The van der Waals surface area contributed by atoms with E-state index in [2.05, 4.69) is 21.2 Å². The fourth-order valence-corrected chi connectivity index (χ4v) is 2.28. The molecule has 126 valence electrons. The van der Waals surface area contributed by atoms with E-state index in [1.807, 2.05) is 31.1 Å². The minimum absolute atomic E-state index is 0.00693. The summed E-state index contributed by atoms with van der Waals surface area (Å²) in [4.78, 5) is 25.7. The number of esters is 1. The van der Waals surface area contributed by atoms with Gasteiger partial charge in [0, 0.05) is 29.9 Å². The van der Waals surface area contributed by atoms with E-state index >= 15 is 0 Å². The van der Waals surface area contributed by atoms with Crippen LogP contribution in [0.4, 0.5) is 11.4 Å². The summed E-state index contributed by atoms with van der Waals surface area (Å²) in [6, 6.07) is 11.6. The van der Waals surface area contributed by atoms with E-state index in [0.29, 0.717) is 10.2 Å². The molecule has 0 bridgehead atoms. The number of benzene rings is 2. The molecule has 0 atom stereocenters. The Morgan fingerprint density at radius 2 is 1.83 bits per heavy atom. The second kappa shape index (κ2) is 7.83.